The van der Waals surface area contributed by atoms with Crippen molar-refractivity contribution in [2.24, 2.45) is 0 Å². The molecule has 0 aliphatic heterocycles. The molecule has 0 heterocycles. The zero-order chi connectivity index (χ0) is 10.1. The van der Waals surface area contributed by atoms with E-state index in [1.165, 1.54) is 0 Å². The average Bonchev–Trinajstić information content (AvgIpc) is 2.56. The molecule has 2 heteroatoms. The maximum absolute atomic E-state index is 9.59. The number of hydrogen-bond donors (Lipinski definition) is 1. The van der Waals surface area contributed by atoms with Crippen molar-refractivity contribution in [3.63, 3.8) is 0 Å². The average molecular weight is 190 g/mol. The number of rotatable bonds is 2. The fraction of sp³-hybridized carbons (Fsp3) is 0.333. The van der Waals surface area contributed by atoms with Crippen molar-refractivity contribution in [1.82, 2.24) is 0 Å². The maximum atomic E-state index is 9.59. The molecule has 2 nitrogen and oxygen atoms in total. The molecule has 0 saturated heterocycles. The van der Waals surface area contributed by atoms with Crippen molar-refractivity contribution < 1.29 is 9.84 Å². The second kappa shape index (κ2) is 3.56. The van der Waals surface area contributed by atoms with Gasteiger partial charge in [-0.2, -0.15) is 0 Å². The number of ether oxygens (including phenoxy) is 1. The van der Waals surface area contributed by atoms with Gasteiger partial charge in [0, 0.05) is 7.11 Å². The molecule has 0 spiro atoms. The Morgan fingerprint density at radius 2 is 2.07 bits per heavy atom. The number of fused-ring (bicyclic) bond motifs is 1. The molecule has 0 radical (unpaired) electrons. The molecule has 2 atom stereocenters. The zero-order valence-corrected chi connectivity index (χ0v) is 8.40. The number of benzene rings is 1. The van der Waals surface area contributed by atoms with Crippen LogP contribution in [0.15, 0.2) is 30.3 Å². The highest BCUT2D eigenvalue weighted by atomic mass is 16.5. The van der Waals surface area contributed by atoms with Gasteiger partial charge < -0.3 is 9.84 Å². The lowest BCUT2D eigenvalue weighted by molar-refractivity contribution is 0.145. The maximum Gasteiger partial charge on any atom is 0.102 e. The monoisotopic (exact) mass is 190 g/mol. The Bertz CT molecular complexity index is 366. The highest BCUT2D eigenvalue weighted by molar-refractivity contribution is 5.76. The molecule has 1 aliphatic rings. The topological polar surface area (TPSA) is 29.5 Å². The van der Waals surface area contributed by atoms with E-state index in [1.807, 2.05) is 30.3 Å². The third-order valence-corrected chi connectivity index (χ3v) is 2.61. The zero-order valence-electron chi connectivity index (χ0n) is 8.40. The first-order valence-corrected chi connectivity index (χ1v) is 4.76. The van der Waals surface area contributed by atoms with Crippen LogP contribution in [0.4, 0.5) is 0 Å². The summed E-state index contributed by atoms with van der Waals surface area (Å²) in [7, 11) is 1.68. The van der Waals surface area contributed by atoms with E-state index < -0.39 is 6.10 Å². The normalized spacial score (nSPS) is 21.6. The Labute approximate surface area is 83.8 Å². The summed E-state index contributed by atoms with van der Waals surface area (Å²) in [4.78, 5) is 0. The summed E-state index contributed by atoms with van der Waals surface area (Å²) in [5.74, 6) is 0. The summed E-state index contributed by atoms with van der Waals surface area (Å²) in [6.45, 7) is 1.78. The fourth-order valence-electron chi connectivity index (χ4n) is 1.91. The van der Waals surface area contributed by atoms with Gasteiger partial charge in [-0.05, 0) is 29.7 Å². The molecule has 74 valence electrons. The highest BCUT2D eigenvalue weighted by Gasteiger charge is 2.24. The van der Waals surface area contributed by atoms with Crippen LogP contribution in [0.25, 0.3) is 5.57 Å². The van der Waals surface area contributed by atoms with Gasteiger partial charge in [0.2, 0.25) is 0 Å². The van der Waals surface area contributed by atoms with Crippen molar-refractivity contribution in [3.05, 3.63) is 41.5 Å². The summed E-state index contributed by atoms with van der Waals surface area (Å²) in [5, 5.41) is 9.59. The lowest BCUT2D eigenvalue weighted by Crippen LogP contribution is -2.01. The summed E-state index contributed by atoms with van der Waals surface area (Å²) < 4.78 is 5.33. The number of aliphatic hydroxyl groups is 1. The largest absolute Gasteiger partial charge is 0.389 e. The van der Waals surface area contributed by atoms with Crippen LogP contribution in [0, 0.1) is 0 Å². The minimum Gasteiger partial charge on any atom is -0.389 e. The standard InChI is InChI=1S/C12H14O2/c1-8(13)11-7-12(14-2)10-6-4-3-5-9(10)11/h3-8,12-13H,1-2H3. The minimum absolute atomic E-state index is 0.00389. The van der Waals surface area contributed by atoms with E-state index >= 15 is 0 Å². The Morgan fingerprint density at radius 1 is 1.36 bits per heavy atom. The summed E-state index contributed by atoms with van der Waals surface area (Å²) in [5.41, 5.74) is 3.22. The van der Waals surface area contributed by atoms with Crippen LogP contribution < -0.4 is 0 Å². The van der Waals surface area contributed by atoms with Gasteiger partial charge >= 0.3 is 0 Å². The Balaban J connectivity index is 2.48. The predicted molar refractivity (Wildman–Crippen MR) is 55.8 cm³/mol. The minimum atomic E-state index is -0.434. The first-order chi connectivity index (χ1) is 6.74. The highest BCUT2D eigenvalue weighted by Crippen LogP contribution is 2.37. The molecule has 2 unspecified atom stereocenters. The van der Waals surface area contributed by atoms with Crippen LogP contribution in [-0.4, -0.2) is 18.3 Å². The van der Waals surface area contributed by atoms with Crippen LogP contribution in [0.5, 0.6) is 0 Å². The molecular weight excluding hydrogens is 176 g/mol. The molecule has 0 amide bonds. The van der Waals surface area contributed by atoms with Crippen LogP contribution in [-0.2, 0) is 4.74 Å². The van der Waals surface area contributed by atoms with E-state index in [1.54, 1.807) is 14.0 Å². The summed E-state index contributed by atoms with van der Waals surface area (Å²) >= 11 is 0. The molecule has 14 heavy (non-hydrogen) atoms. The van der Waals surface area contributed by atoms with E-state index in [4.69, 9.17) is 4.74 Å². The van der Waals surface area contributed by atoms with E-state index in [2.05, 4.69) is 0 Å². The van der Waals surface area contributed by atoms with Crippen LogP contribution in [0.1, 0.15) is 24.2 Å². The number of aliphatic hydroxyl groups excluding tert-OH is 1. The van der Waals surface area contributed by atoms with Crippen LogP contribution in [0.2, 0.25) is 0 Å². The predicted octanol–water partition coefficient (Wildman–Crippen LogP) is 2.15. The molecular formula is C12H14O2. The molecule has 1 aliphatic carbocycles. The van der Waals surface area contributed by atoms with Crippen molar-refractivity contribution >= 4 is 5.57 Å². The lowest BCUT2D eigenvalue weighted by atomic mass is 10.0. The molecule has 1 aromatic carbocycles. The Hall–Kier alpha value is -1.12. The van der Waals surface area contributed by atoms with Crippen molar-refractivity contribution in [2.75, 3.05) is 7.11 Å². The van der Waals surface area contributed by atoms with Gasteiger partial charge in [0.1, 0.15) is 6.10 Å². The van der Waals surface area contributed by atoms with E-state index in [0.29, 0.717) is 0 Å². The van der Waals surface area contributed by atoms with Gasteiger partial charge in [-0.25, -0.2) is 0 Å². The third kappa shape index (κ3) is 1.37. The Kier molecular flexibility index (Phi) is 2.40. The molecule has 0 saturated carbocycles. The van der Waals surface area contributed by atoms with Crippen molar-refractivity contribution in [3.8, 4) is 0 Å². The third-order valence-electron chi connectivity index (χ3n) is 2.61. The van der Waals surface area contributed by atoms with Gasteiger partial charge in [0.15, 0.2) is 0 Å². The van der Waals surface area contributed by atoms with Crippen molar-refractivity contribution in [2.45, 2.75) is 19.1 Å². The molecule has 0 aromatic heterocycles. The molecule has 0 fully saturated rings. The molecule has 0 bridgehead atoms. The number of hydrogen-bond acceptors (Lipinski definition) is 2. The van der Waals surface area contributed by atoms with Crippen LogP contribution >= 0.6 is 0 Å². The summed E-state index contributed by atoms with van der Waals surface area (Å²) in [6.07, 6.45) is 1.54. The quantitative estimate of drug-likeness (QED) is 0.774. The van der Waals surface area contributed by atoms with Gasteiger partial charge in [-0.15, -0.1) is 0 Å². The smallest absolute Gasteiger partial charge is 0.102 e. The van der Waals surface area contributed by atoms with E-state index in [0.717, 1.165) is 16.7 Å². The van der Waals surface area contributed by atoms with E-state index in [-0.39, 0.29) is 6.10 Å². The Morgan fingerprint density at radius 3 is 2.71 bits per heavy atom. The van der Waals surface area contributed by atoms with Gasteiger partial charge in [0.05, 0.1) is 6.10 Å². The first-order valence-electron chi connectivity index (χ1n) is 4.76. The fourth-order valence-corrected chi connectivity index (χ4v) is 1.91. The van der Waals surface area contributed by atoms with Gasteiger partial charge in [-0.3, -0.25) is 0 Å². The van der Waals surface area contributed by atoms with Gasteiger partial charge in [0.25, 0.3) is 0 Å². The molecule has 1 N–H and O–H groups in total. The summed E-state index contributed by atoms with van der Waals surface area (Å²) in [6, 6.07) is 8.03. The van der Waals surface area contributed by atoms with E-state index in [9.17, 15) is 5.11 Å². The van der Waals surface area contributed by atoms with Crippen LogP contribution in [0.3, 0.4) is 0 Å². The van der Waals surface area contributed by atoms with Crippen molar-refractivity contribution in [1.29, 1.82) is 0 Å². The molecule has 1 aromatic rings. The molecule has 2 rings (SSSR count). The second-order valence-corrected chi connectivity index (χ2v) is 3.54. The van der Waals surface area contributed by atoms with Gasteiger partial charge in [-0.1, -0.05) is 24.3 Å². The first kappa shape index (κ1) is 9.44. The second-order valence-electron chi connectivity index (χ2n) is 3.54. The SMILES string of the molecule is COC1C=C(C(C)O)c2ccccc21. The lowest BCUT2D eigenvalue weighted by Gasteiger charge is -2.08. The number of methoxy groups -OCH3 is 1.